The van der Waals surface area contributed by atoms with Gasteiger partial charge < -0.3 is 9.15 Å². The van der Waals surface area contributed by atoms with Crippen LogP contribution in [0.5, 0.6) is 5.75 Å². The van der Waals surface area contributed by atoms with Gasteiger partial charge in [-0.2, -0.15) is 0 Å². The molecule has 2 aliphatic rings. The van der Waals surface area contributed by atoms with Crippen molar-refractivity contribution in [3.05, 3.63) is 64.0 Å². The lowest BCUT2D eigenvalue weighted by molar-refractivity contribution is 0.0885. The van der Waals surface area contributed by atoms with Crippen molar-refractivity contribution in [2.45, 2.75) is 32.4 Å². The van der Waals surface area contributed by atoms with E-state index in [0.29, 0.717) is 23.9 Å². The molecule has 1 fully saturated rings. The fourth-order valence-corrected chi connectivity index (χ4v) is 3.75. The molecule has 0 unspecified atom stereocenters. The number of rotatable bonds is 2. The molecule has 1 aromatic heterocycles. The Balaban J connectivity index is 1.72. The lowest BCUT2D eigenvalue weighted by Crippen LogP contribution is -2.33. The highest BCUT2D eigenvalue weighted by Gasteiger charge is 2.33. The van der Waals surface area contributed by atoms with E-state index >= 15 is 0 Å². The monoisotopic (exact) mass is 333 g/mol. The highest BCUT2D eigenvalue weighted by atomic mass is 16.5. The van der Waals surface area contributed by atoms with Gasteiger partial charge in [0, 0.05) is 18.0 Å². The van der Waals surface area contributed by atoms with Crippen LogP contribution < -0.4 is 10.4 Å². The van der Waals surface area contributed by atoms with E-state index in [1.807, 2.05) is 49.4 Å². The van der Waals surface area contributed by atoms with Gasteiger partial charge in [-0.05, 0) is 43.0 Å². The van der Waals surface area contributed by atoms with Crippen molar-refractivity contribution in [1.29, 1.82) is 0 Å². The highest BCUT2D eigenvalue weighted by Crippen LogP contribution is 2.38. The lowest BCUT2D eigenvalue weighted by atomic mass is 9.97. The molecule has 0 atom stereocenters. The average molecular weight is 333 g/mol. The van der Waals surface area contributed by atoms with Gasteiger partial charge in [-0.1, -0.05) is 30.3 Å². The lowest BCUT2D eigenvalue weighted by Gasteiger charge is -2.29. The molecular formula is C21H19NO3. The van der Waals surface area contributed by atoms with Gasteiger partial charge in [0.15, 0.2) is 0 Å². The number of nitrogens with zero attached hydrogens (tertiary/aromatic N) is 1. The van der Waals surface area contributed by atoms with Crippen LogP contribution in [-0.4, -0.2) is 17.7 Å². The third kappa shape index (κ3) is 2.36. The molecule has 0 radical (unpaired) electrons. The zero-order valence-electron chi connectivity index (χ0n) is 14.1. The Morgan fingerprint density at radius 3 is 2.64 bits per heavy atom. The van der Waals surface area contributed by atoms with Crippen molar-refractivity contribution >= 4 is 11.0 Å². The summed E-state index contributed by atoms with van der Waals surface area (Å²) in [5, 5.41) is 0.985. The summed E-state index contributed by atoms with van der Waals surface area (Å²) >= 11 is 0. The molecule has 1 aliphatic heterocycles. The normalized spacial score (nSPS) is 17.3. The maximum Gasteiger partial charge on any atom is 0.344 e. The molecular weight excluding hydrogens is 314 g/mol. The van der Waals surface area contributed by atoms with Gasteiger partial charge in [-0.25, -0.2) is 4.79 Å². The molecule has 0 saturated heterocycles. The first-order valence-electron chi connectivity index (χ1n) is 8.74. The van der Waals surface area contributed by atoms with E-state index in [0.717, 1.165) is 34.4 Å². The van der Waals surface area contributed by atoms with Gasteiger partial charge in [0.2, 0.25) is 0 Å². The predicted octanol–water partition coefficient (Wildman–Crippen LogP) is 4.08. The Bertz CT molecular complexity index is 1020. The van der Waals surface area contributed by atoms with Crippen LogP contribution in [0.2, 0.25) is 0 Å². The Hall–Kier alpha value is -2.59. The van der Waals surface area contributed by atoms with E-state index in [4.69, 9.17) is 9.15 Å². The fourth-order valence-electron chi connectivity index (χ4n) is 3.75. The van der Waals surface area contributed by atoms with Crippen LogP contribution in [0.3, 0.4) is 0 Å². The smallest absolute Gasteiger partial charge is 0.344 e. The molecule has 126 valence electrons. The third-order valence-electron chi connectivity index (χ3n) is 5.27. The van der Waals surface area contributed by atoms with Gasteiger partial charge in [0.25, 0.3) is 0 Å². The second-order valence-electron chi connectivity index (χ2n) is 6.93. The van der Waals surface area contributed by atoms with Gasteiger partial charge in [0.05, 0.1) is 11.1 Å². The Morgan fingerprint density at radius 1 is 1.08 bits per heavy atom. The molecule has 3 aromatic rings. The largest absolute Gasteiger partial charge is 0.478 e. The standard InChI is InChI=1S/C21H19NO3/c1-13-16-9-10-18-17(11-22(12-24-18)15-7-8-15)20(16)25-21(23)19(13)14-5-3-2-4-6-14/h2-6,9-10,15H,7-8,11-12H2,1H3. The van der Waals surface area contributed by atoms with E-state index in [9.17, 15) is 4.79 Å². The summed E-state index contributed by atoms with van der Waals surface area (Å²) in [5.41, 5.74) is 3.88. The topological polar surface area (TPSA) is 42.7 Å². The molecule has 0 N–H and O–H groups in total. The number of fused-ring (bicyclic) bond motifs is 3. The van der Waals surface area contributed by atoms with Crippen molar-refractivity contribution in [1.82, 2.24) is 4.90 Å². The van der Waals surface area contributed by atoms with Crippen molar-refractivity contribution in [3.8, 4) is 16.9 Å². The molecule has 2 heterocycles. The fraction of sp³-hybridized carbons (Fsp3) is 0.286. The quantitative estimate of drug-likeness (QED) is 0.663. The first kappa shape index (κ1) is 14.7. The molecule has 4 nitrogen and oxygen atoms in total. The molecule has 0 amide bonds. The van der Waals surface area contributed by atoms with E-state index < -0.39 is 0 Å². The van der Waals surface area contributed by atoms with Crippen LogP contribution in [0.15, 0.2) is 51.7 Å². The average Bonchev–Trinajstić information content (AvgIpc) is 3.47. The van der Waals surface area contributed by atoms with Crippen molar-refractivity contribution in [2.75, 3.05) is 6.73 Å². The molecule has 0 bridgehead atoms. The van der Waals surface area contributed by atoms with Crippen molar-refractivity contribution in [3.63, 3.8) is 0 Å². The molecule has 5 rings (SSSR count). The Morgan fingerprint density at radius 2 is 1.88 bits per heavy atom. The first-order valence-corrected chi connectivity index (χ1v) is 8.74. The Kier molecular flexibility index (Phi) is 3.22. The maximum absolute atomic E-state index is 12.7. The summed E-state index contributed by atoms with van der Waals surface area (Å²) in [7, 11) is 0. The number of hydrogen-bond donors (Lipinski definition) is 0. The summed E-state index contributed by atoms with van der Waals surface area (Å²) in [5.74, 6) is 0.833. The molecule has 1 aliphatic carbocycles. The van der Waals surface area contributed by atoms with E-state index in [2.05, 4.69) is 4.90 Å². The minimum atomic E-state index is -0.284. The number of hydrogen-bond acceptors (Lipinski definition) is 4. The molecule has 2 aromatic carbocycles. The second-order valence-corrected chi connectivity index (χ2v) is 6.93. The van der Waals surface area contributed by atoms with Crippen LogP contribution in [-0.2, 0) is 6.54 Å². The van der Waals surface area contributed by atoms with Gasteiger partial charge in [-0.15, -0.1) is 0 Å². The predicted molar refractivity (Wildman–Crippen MR) is 96.7 cm³/mol. The van der Waals surface area contributed by atoms with Gasteiger partial charge >= 0.3 is 5.63 Å². The van der Waals surface area contributed by atoms with Crippen LogP contribution in [0.25, 0.3) is 22.1 Å². The Labute approximate surface area is 145 Å². The summed E-state index contributed by atoms with van der Waals surface area (Å²) in [6.07, 6.45) is 2.45. The van der Waals surface area contributed by atoms with E-state index in [1.54, 1.807) is 0 Å². The molecule has 0 spiro atoms. The van der Waals surface area contributed by atoms with Crippen LogP contribution in [0, 0.1) is 6.92 Å². The second kappa shape index (κ2) is 5.46. The zero-order chi connectivity index (χ0) is 17.0. The van der Waals surface area contributed by atoms with Crippen LogP contribution in [0.1, 0.15) is 24.0 Å². The minimum absolute atomic E-state index is 0.284. The summed E-state index contributed by atoms with van der Waals surface area (Å²) in [6, 6.07) is 14.3. The van der Waals surface area contributed by atoms with Crippen molar-refractivity contribution < 1.29 is 9.15 Å². The van der Waals surface area contributed by atoms with Crippen LogP contribution in [0.4, 0.5) is 0 Å². The molecule has 25 heavy (non-hydrogen) atoms. The van der Waals surface area contributed by atoms with E-state index in [1.165, 1.54) is 12.8 Å². The first-order chi connectivity index (χ1) is 12.2. The van der Waals surface area contributed by atoms with E-state index in [-0.39, 0.29) is 5.63 Å². The van der Waals surface area contributed by atoms with Gasteiger partial charge in [0.1, 0.15) is 18.1 Å². The highest BCUT2D eigenvalue weighted by molar-refractivity contribution is 5.90. The third-order valence-corrected chi connectivity index (χ3v) is 5.27. The summed E-state index contributed by atoms with van der Waals surface area (Å²) < 4.78 is 11.7. The number of benzene rings is 2. The molecule has 1 saturated carbocycles. The van der Waals surface area contributed by atoms with Crippen LogP contribution >= 0.6 is 0 Å². The zero-order valence-corrected chi connectivity index (χ0v) is 14.1. The minimum Gasteiger partial charge on any atom is -0.478 e. The number of ether oxygens (including phenoxy) is 1. The maximum atomic E-state index is 12.7. The summed E-state index contributed by atoms with van der Waals surface area (Å²) in [6.45, 7) is 3.40. The number of aryl methyl sites for hydroxylation is 1. The SMILES string of the molecule is Cc1c(-c2ccccc2)c(=O)oc2c3c(ccc12)OCN(C1CC1)C3. The summed E-state index contributed by atoms with van der Waals surface area (Å²) in [4.78, 5) is 15.1. The van der Waals surface area contributed by atoms with Gasteiger partial charge in [-0.3, -0.25) is 4.90 Å². The molecule has 4 heteroatoms. The van der Waals surface area contributed by atoms with Crippen molar-refractivity contribution in [2.24, 2.45) is 0 Å².